The van der Waals surface area contributed by atoms with E-state index in [-0.39, 0.29) is 17.1 Å². The van der Waals surface area contributed by atoms with Crippen molar-refractivity contribution in [2.75, 3.05) is 12.8 Å². The van der Waals surface area contributed by atoms with Gasteiger partial charge in [-0.15, -0.1) is 0 Å². The molecule has 0 radical (unpaired) electrons. The van der Waals surface area contributed by atoms with Crippen molar-refractivity contribution in [1.29, 1.82) is 10.5 Å². The summed E-state index contributed by atoms with van der Waals surface area (Å²) in [5.41, 5.74) is 10.2. The lowest BCUT2D eigenvalue weighted by atomic mass is 9.96. The van der Waals surface area contributed by atoms with Crippen LogP contribution in [0.2, 0.25) is 0 Å². The number of anilines is 1. The Kier molecular flexibility index (Phi) is 5.17. The fourth-order valence-electron chi connectivity index (χ4n) is 3.91. The summed E-state index contributed by atoms with van der Waals surface area (Å²) in [5, 5.41) is 30.2. The van der Waals surface area contributed by atoms with E-state index in [0.717, 1.165) is 0 Å². The molecule has 1 aliphatic rings. The molecule has 2 heterocycles. The number of aromatic nitrogens is 1. The van der Waals surface area contributed by atoms with Gasteiger partial charge in [0.1, 0.15) is 35.2 Å². The van der Waals surface area contributed by atoms with Gasteiger partial charge in [-0.25, -0.2) is 4.98 Å². The Hall–Kier alpha value is -4.89. The van der Waals surface area contributed by atoms with Crippen molar-refractivity contribution in [2.45, 2.75) is 13.8 Å². The number of hydrogen-bond donors (Lipinski definition) is 1. The molecule has 0 unspecified atom stereocenters. The van der Waals surface area contributed by atoms with Crippen molar-refractivity contribution in [3.63, 3.8) is 0 Å². The molecule has 9 nitrogen and oxygen atoms in total. The van der Waals surface area contributed by atoms with E-state index in [4.69, 9.17) is 14.9 Å². The van der Waals surface area contributed by atoms with Gasteiger partial charge < -0.3 is 14.9 Å². The molecule has 0 spiro atoms. The van der Waals surface area contributed by atoms with Crippen LogP contribution < -0.4 is 10.5 Å². The Balaban J connectivity index is 1.84. The molecule has 0 atom stereocenters. The smallest absolute Gasteiger partial charge is 0.273 e. The van der Waals surface area contributed by atoms with Crippen LogP contribution in [-0.4, -0.2) is 17.0 Å². The van der Waals surface area contributed by atoms with Crippen LogP contribution in [-0.2, 0) is 0 Å². The van der Waals surface area contributed by atoms with E-state index in [1.165, 1.54) is 19.2 Å². The van der Waals surface area contributed by atoms with Gasteiger partial charge >= 0.3 is 0 Å². The van der Waals surface area contributed by atoms with Crippen LogP contribution >= 0.6 is 0 Å². The number of nitrogens with two attached hydrogens (primary N) is 1. The molecule has 0 saturated carbocycles. The molecule has 162 valence electrons. The van der Waals surface area contributed by atoms with Crippen molar-refractivity contribution in [3.8, 4) is 29.2 Å². The van der Waals surface area contributed by atoms with Crippen LogP contribution in [0.3, 0.4) is 0 Å². The number of fused-ring (bicyclic) bond motifs is 1. The van der Waals surface area contributed by atoms with Crippen LogP contribution in [0.25, 0.3) is 28.5 Å². The van der Waals surface area contributed by atoms with Gasteiger partial charge in [-0.2, -0.15) is 10.5 Å². The maximum absolute atomic E-state index is 11.0. The third kappa shape index (κ3) is 3.38. The number of ether oxygens (including phenoxy) is 1. The number of allylic oxidation sites excluding steroid dienone is 3. The lowest BCUT2D eigenvalue weighted by Gasteiger charge is -2.10. The highest BCUT2D eigenvalue weighted by atomic mass is 16.6. The van der Waals surface area contributed by atoms with Crippen molar-refractivity contribution in [3.05, 3.63) is 74.2 Å². The number of hydrogen-bond acceptors (Lipinski definition) is 8. The second-order valence-electron chi connectivity index (χ2n) is 7.35. The summed E-state index contributed by atoms with van der Waals surface area (Å²) in [6, 6.07) is 12.0. The van der Waals surface area contributed by atoms with Crippen LogP contribution in [0.5, 0.6) is 5.75 Å². The molecule has 0 fully saturated rings. The van der Waals surface area contributed by atoms with Crippen LogP contribution in [0.4, 0.5) is 11.5 Å². The first-order valence-corrected chi connectivity index (χ1v) is 9.77. The Labute approximate surface area is 188 Å². The summed E-state index contributed by atoms with van der Waals surface area (Å²) in [5.74, 6) is 1.33. The van der Waals surface area contributed by atoms with Crippen molar-refractivity contribution < 1.29 is 14.1 Å². The predicted octanol–water partition coefficient (Wildman–Crippen LogP) is 4.87. The predicted molar refractivity (Wildman–Crippen MR) is 122 cm³/mol. The number of methoxy groups -OCH3 is 1. The molecular formula is C24H17N5O4. The lowest BCUT2D eigenvalue weighted by molar-refractivity contribution is -0.384. The van der Waals surface area contributed by atoms with Crippen molar-refractivity contribution in [1.82, 2.24) is 4.98 Å². The van der Waals surface area contributed by atoms with E-state index in [1.807, 2.05) is 0 Å². The van der Waals surface area contributed by atoms with E-state index < -0.39 is 4.92 Å². The van der Waals surface area contributed by atoms with Gasteiger partial charge in [0.05, 0.1) is 40.5 Å². The number of nitrogen functional groups attached to an aromatic ring is 1. The first kappa shape index (κ1) is 21.3. The van der Waals surface area contributed by atoms with E-state index in [2.05, 4.69) is 17.1 Å². The fraction of sp³-hybridized carbons (Fsp3) is 0.125. The number of pyridine rings is 1. The number of nitro groups is 1. The Bertz CT molecular complexity index is 1480. The SMILES string of the molecule is COc1cc([N+](=O)[O-])ccc1-c1ccc(/C=C2\C(C)=C(C#N)c3nc(N)c(C#N)c(C)c32)o1. The van der Waals surface area contributed by atoms with Gasteiger partial charge in [-0.3, -0.25) is 10.1 Å². The lowest BCUT2D eigenvalue weighted by Crippen LogP contribution is -2.03. The number of nitrogens with zero attached hydrogens (tertiary/aromatic N) is 4. The third-order valence-electron chi connectivity index (χ3n) is 5.56. The number of nitro benzene ring substituents is 1. The molecule has 4 rings (SSSR count). The number of rotatable bonds is 4. The Morgan fingerprint density at radius 3 is 2.61 bits per heavy atom. The topological polar surface area (TPSA) is 152 Å². The zero-order valence-electron chi connectivity index (χ0n) is 18.0. The van der Waals surface area contributed by atoms with E-state index >= 15 is 0 Å². The molecule has 9 heteroatoms. The first-order valence-electron chi connectivity index (χ1n) is 9.77. The maximum atomic E-state index is 11.0. The molecule has 33 heavy (non-hydrogen) atoms. The summed E-state index contributed by atoms with van der Waals surface area (Å²) < 4.78 is 11.3. The summed E-state index contributed by atoms with van der Waals surface area (Å²) in [6.07, 6.45) is 1.77. The number of furan rings is 1. The normalized spacial score (nSPS) is 13.5. The van der Waals surface area contributed by atoms with E-state index in [1.54, 1.807) is 38.1 Å². The highest BCUT2D eigenvalue weighted by Crippen LogP contribution is 2.44. The van der Waals surface area contributed by atoms with Crippen molar-refractivity contribution >= 4 is 28.7 Å². The highest BCUT2D eigenvalue weighted by molar-refractivity contribution is 6.08. The molecule has 0 saturated heterocycles. The maximum Gasteiger partial charge on any atom is 0.273 e. The molecule has 1 aromatic carbocycles. The minimum absolute atomic E-state index is 0.0844. The standard InChI is InChI=1S/C24H17N5O4/c1-12-17(22-13(2)19(11-26)24(27)28-23(22)18(12)10-25)9-15-5-7-20(33-15)16-6-4-14(29(30)31)8-21(16)32-3/h4-9H,1-3H3,(H2,27,28)/b17-9+. The second-order valence-corrected chi connectivity index (χ2v) is 7.35. The van der Waals surface area contributed by atoms with Gasteiger partial charge in [0.25, 0.3) is 5.69 Å². The molecule has 2 N–H and O–H groups in total. The summed E-state index contributed by atoms with van der Waals surface area (Å²) >= 11 is 0. The number of benzene rings is 1. The minimum Gasteiger partial charge on any atom is -0.496 e. The summed E-state index contributed by atoms with van der Waals surface area (Å²) in [6.45, 7) is 3.57. The van der Waals surface area contributed by atoms with Gasteiger partial charge in [-0.1, -0.05) is 0 Å². The summed E-state index contributed by atoms with van der Waals surface area (Å²) in [7, 11) is 1.43. The molecule has 0 aliphatic heterocycles. The zero-order chi connectivity index (χ0) is 23.9. The molecular weight excluding hydrogens is 422 g/mol. The highest BCUT2D eigenvalue weighted by Gasteiger charge is 2.30. The van der Waals surface area contributed by atoms with Crippen LogP contribution in [0.1, 0.15) is 35.1 Å². The number of non-ortho nitro benzene ring substituents is 1. The van der Waals surface area contributed by atoms with E-state index in [9.17, 15) is 20.6 Å². The van der Waals surface area contributed by atoms with Crippen LogP contribution in [0.15, 0.2) is 40.3 Å². The molecule has 3 aromatic rings. The Morgan fingerprint density at radius 1 is 1.21 bits per heavy atom. The monoisotopic (exact) mass is 439 g/mol. The number of nitriles is 2. The van der Waals surface area contributed by atoms with Gasteiger partial charge in [0, 0.05) is 11.6 Å². The Morgan fingerprint density at radius 2 is 1.97 bits per heavy atom. The average molecular weight is 439 g/mol. The van der Waals surface area contributed by atoms with Crippen LogP contribution in [0, 0.1) is 39.7 Å². The van der Waals surface area contributed by atoms with Gasteiger partial charge in [0.15, 0.2) is 0 Å². The molecule has 0 bridgehead atoms. The third-order valence-corrected chi connectivity index (χ3v) is 5.56. The quantitative estimate of drug-likeness (QED) is 0.446. The summed E-state index contributed by atoms with van der Waals surface area (Å²) in [4.78, 5) is 14.9. The molecule has 1 aliphatic carbocycles. The first-order chi connectivity index (χ1) is 15.8. The average Bonchev–Trinajstić information content (AvgIpc) is 3.36. The fourth-order valence-corrected chi connectivity index (χ4v) is 3.91. The second kappa shape index (κ2) is 7.98. The van der Waals surface area contributed by atoms with Gasteiger partial charge in [0.2, 0.25) is 0 Å². The zero-order valence-corrected chi connectivity index (χ0v) is 18.0. The molecule has 0 amide bonds. The minimum atomic E-state index is -0.498. The largest absolute Gasteiger partial charge is 0.496 e. The molecule has 2 aromatic heterocycles. The van der Waals surface area contributed by atoms with Crippen molar-refractivity contribution in [2.24, 2.45) is 0 Å². The van der Waals surface area contributed by atoms with E-state index in [0.29, 0.717) is 56.4 Å². The van der Waals surface area contributed by atoms with Gasteiger partial charge in [-0.05, 0) is 54.8 Å².